The van der Waals surface area contributed by atoms with Gasteiger partial charge in [-0.2, -0.15) is 0 Å². The van der Waals surface area contributed by atoms with Crippen LogP contribution in [0.15, 0.2) is 0 Å². The van der Waals surface area contributed by atoms with Gasteiger partial charge >= 0.3 is 0 Å². The standard InChI is InChI=1S/C6H12O6.4H2O/c7-1-3(9)5(11)6(12)4(10)2-8;;;;/h1,3-6,8-12H,2H2;4*1H2/t3-,4+,5+,6-;;;;/m0..../s1. The van der Waals surface area contributed by atoms with Gasteiger partial charge in [-0.05, 0) is 0 Å². The zero-order valence-electron chi connectivity index (χ0n) is 8.24. The van der Waals surface area contributed by atoms with Crippen molar-refractivity contribution in [3.63, 3.8) is 0 Å². The molecule has 0 rings (SSSR count). The number of hydrogen-bond acceptors (Lipinski definition) is 6. The van der Waals surface area contributed by atoms with Crippen molar-refractivity contribution in [2.75, 3.05) is 6.61 Å². The van der Waals surface area contributed by atoms with E-state index in [0.717, 1.165) is 0 Å². The van der Waals surface area contributed by atoms with Gasteiger partial charge in [-0.1, -0.05) is 0 Å². The molecule has 0 aromatic heterocycles. The van der Waals surface area contributed by atoms with Crippen LogP contribution in [0.1, 0.15) is 0 Å². The zero-order chi connectivity index (χ0) is 9.72. The van der Waals surface area contributed by atoms with E-state index >= 15 is 0 Å². The minimum absolute atomic E-state index is 0. The molecule has 13 N–H and O–H groups in total. The third kappa shape index (κ3) is 8.60. The molecule has 0 saturated carbocycles. The molecule has 0 aromatic carbocycles. The van der Waals surface area contributed by atoms with E-state index in [2.05, 4.69) is 0 Å². The molecule has 0 aromatic rings. The van der Waals surface area contributed by atoms with Crippen LogP contribution in [0, 0.1) is 0 Å². The Balaban J connectivity index is -0.000000101. The molecule has 0 fully saturated rings. The van der Waals surface area contributed by atoms with Gasteiger partial charge in [0.15, 0.2) is 6.29 Å². The smallest absolute Gasteiger partial charge is 0.151 e. The summed E-state index contributed by atoms with van der Waals surface area (Å²) in [6.07, 6.45) is -6.84. The van der Waals surface area contributed by atoms with Crippen molar-refractivity contribution >= 4 is 6.29 Å². The highest BCUT2D eigenvalue weighted by molar-refractivity contribution is 5.56. The molecule has 10 heteroatoms. The van der Waals surface area contributed by atoms with Crippen LogP contribution in [0.5, 0.6) is 0 Å². The van der Waals surface area contributed by atoms with Gasteiger partial charge in [-0.15, -0.1) is 0 Å². The third-order valence-electron chi connectivity index (χ3n) is 1.42. The first-order valence-corrected chi connectivity index (χ1v) is 3.33. The summed E-state index contributed by atoms with van der Waals surface area (Å²) < 4.78 is 0. The molecule has 0 radical (unpaired) electrons. The fraction of sp³-hybridized carbons (Fsp3) is 0.833. The second-order valence-electron chi connectivity index (χ2n) is 2.36. The molecule has 4 atom stereocenters. The van der Waals surface area contributed by atoms with Gasteiger partial charge in [0.1, 0.15) is 24.4 Å². The van der Waals surface area contributed by atoms with Gasteiger partial charge in [0.2, 0.25) is 0 Å². The fourth-order valence-corrected chi connectivity index (χ4v) is 0.618. The predicted molar refractivity (Wildman–Crippen MR) is 51.6 cm³/mol. The Morgan fingerprint density at radius 2 is 1.25 bits per heavy atom. The van der Waals surface area contributed by atoms with Crippen LogP contribution in [-0.2, 0) is 4.79 Å². The summed E-state index contributed by atoms with van der Waals surface area (Å²) in [6.45, 7) is -0.760. The van der Waals surface area contributed by atoms with Crippen molar-refractivity contribution in [1.82, 2.24) is 0 Å². The van der Waals surface area contributed by atoms with Gasteiger partial charge in [0, 0.05) is 0 Å². The first kappa shape index (κ1) is 29.5. The summed E-state index contributed by atoms with van der Waals surface area (Å²) in [5, 5.41) is 43.5. The minimum Gasteiger partial charge on any atom is -0.412 e. The highest BCUT2D eigenvalue weighted by atomic mass is 16.4. The number of carbonyl (C=O) groups is 1. The topological polar surface area (TPSA) is 244 Å². The monoisotopic (exact) mass is 252 g/mol. The zero-order valence-corrected chi connectivity index (χ0v) is 8.24. The summed E-state index contributed by atoms with van der Waals surface area (Å²) in [7, 11) is 0. The highest BCUT2D eigenvalue weighted by Crippen LogP contribution is 2.02. The molecular weight excluding hydrogens is 232 g/mol. The Kier molecular flexibility index (Phi) is 26.4. The van der Waals surface area contributed by atoms with Crippen LogP contribution in [0.2, 0.25) is 0 Å². The molecule has 0 saturated heterocycles. The summed E-state index contributed by atoms with van der Waals surface area (Å²) in [6, 6.07) is 0. The number of carbonyl (C=O) groups excluding carboxylic acids is 1. The molecule has 0 unspecified atom stereocenters. The van der Waals surface area contributed by atoms with Crippen molar-refractivity contribution in [2.24, 2.45) is 0 Å². The van der Waals surface area contributed by atoms with E-state index < -0.39 is 31.0 Å². The highest BCUT2D eigenvalue weighted by Gasteiger charge is 2.29. The number of hydrogen-bond donors (Lipinski definition) is 5. The molecule has 0 aliphatic carbocycles. The lowest BCUT2D eigenvalue weighted by atomic mass is 10.0. The van der Waals surface area contributed by atoms with E-state index in [4.69, 9.17) is 25.5 Å². The molecule has 0 spiro atoms. The number of aldehydes is 1. The Hall–Kier alpha value is -0.690. The predicted octanol–water partition coefficient (Wildman–Crippen LogP) is -6.68. The maximum Gasteiger partial charge on any atom is 0.151 e. The first-order chi connectivity index (χ1) is 5.54. The molecule has 0 aliphatic rings. The minimum atomic E-state index is -1.79. The summed E-state index contributed by atoms with van der Waals surface area (Å²) in [5.74, 6) is 0. The Labute approximate surface area is 90.6 Å². The molecule has 0 aliphatic heterocycles. The Morgan fingerprint density at radius 3 is 1.50 bits per heavy atom. The number of aliphatic hydroxyl groups is 5. The van der Waals surface area contributed by atoms with Crippen LogP contribution in [0.25, 0.3) is 0 Å². The maximum absolute atomic E-state index is 9.90. The van der Waals surface area contributed by atoms with E-state index in [1.807, 2.05) is 0 Å². The number of rotatable bonds is 5. The largest absolute Gasteiger partial charge is 0.412 e. The lowest BCUT2D eigenvalue weighted by Crippen LogP contribution is -2.46. The molecule has 0 bridgehead atoms. The van der Waals surface area contributed by atoms with Crippen molar-refractivity contribution in [3.05, 3.63) is 0 Å². The van der Waals surface area contributed by atoms with E-state index in [1.165, 1.54) is 0 Å². The SMILES string of the molecule is O.O.O.O.O=C[C@H](O)[C@@H](O)[C@@H](O)[C@H](O)CO. The van der Waals surface area contributed by atoms with Crippen LogP contribution in [0.4, 0.5) is 0 Å². The molecule has 104 valence electrons. The van der Waals surface area contributed by atoms with Gasteiger partial charge in [-0.25, -0.2) is 0 Å². The first-order valence-electron chi connectivity index (χ1n) is 3.33. The van der Waals surface area contributed by atoms with Gasteiger partial charge in [0.25, 0.3) is 0 Å². The lowest BCUT2D eigenvalue weighted by Gasteiger charge is -2.22. The molecule has 16 heavy (non-hydrogen) atoms. The second-order valence-corrected chi connectivity index (χ2v) is 2.36. The molecule has 0 amide bonds. The van der Waals surface area contributed by atoms with Crippen molar-refractivity contribution in [2.45, 2.75) is 24.4 Å². The second kappa shape index (κ2) is 14.3. The average molecular weight is 252 g/mol. The van der Waals surface area contributed by atoms with Crippen LogP contribution < -0.4 is 0 Å². The quantitative estimate of drug-likeness (QED) is 0.297. The molecule has 10 nitrogen and oxygen atoms in total. The van der Waals surface area contributed by atoms with Gasteiger partial charge < -0.3 is 52.2 Å². The Morgan fingerprint density at radius 1 is 0.875 bits per heavy atom. The van der Waals surface area contributed by atoms with Gasteiger partial charge in [-0.3, -0.25) is 0 Å². The summed E-state index contributed by atoms with van der Waals surface area (Å²) >= 11 is 0. The van der Waals surface area contributed by atoms with Crippen LogP contribution in [-0.4, -0.2) is 84.7 Å². The van der Waals surface area contributed by atoms with E-state index in [1.54, 1.807) is 0 Å². The van der Waals surface area contributed by atoms with Gasteiger partial charge in [0.05, 0.1) is 6.61 Å². The Bertz CT molecular complexity index is 141. The summed E-state index contributed by atoms with van der Waals surface area (Å²) in [5.41, 5.74) is 0. The van der Waals surface area contributed by atoms with Crippen LogP contribution in [0.3, 0.4) is 0 Å². The lowest BCUT2D eigenvalue weighted by molar-refractivity contribution is -0.136. The van der Waals surface area contributed by atoms with Crippen molar-refractivity contribution < 1.29 is 52.2 Å². The summed E-state index contributed by atoms with van der Waals surface area (Å²) in [4.78, 5) is 9.90. The molecular formula is C6H20O10. The van der Waals surface area contributed by atoms with E-state index in [-0.39, 0.29) is 28.2 Å². The fourth-order valence-electron chi connectivity index (χ4n) is 0.618. The molecule has 0 heterocycles. The average Bonchev–Trinajstić information content (AvgIpc) is 2.12. The van der Waals surface area contributed by atoms with E-state index in [0.29, 0.717) is 0 Å². The maximum atomic E-state index is 9.90. The van der Waals surface area contributed by atoms with Crippen molar-refractivity contribution in [3.8, 4) is 0 Å². The van der Waals surface area contributed by atoms with Crippen molar-refractivity contribution in [1.29, 1.82) is 0 Å². The third-order valence-corrected chi connectivity index (χ3v) is 1.42. The van der Waals surface area contributed by atoms with Crippen LogP contribution >= 0.6 is 0 Å². The normalized spacial score (nSPS) is 15.8. The number of aliphatic hydroxyl groups excluding tert-OH is 5. The van der Waals surface area contributed by atoms with E-state index in [9.17, 15) is 4.79 Å².